The Bertz CT molecular complexity index is 702. The lowest BCUT2D eigenvalue weighted by atomic mass is 10.2. The third kappa shape index (κ3) is 1.98. The van der Waals surface area contributed by atoms with Gasteiger partial charge in [0.1, 0.15) is 11.3 Å². The van der Waals surface area contributed by atoms with Crippen molar-refractivity contribution in [1.82, 2.24) is 4.98 Å². The minimum Gasteiger partial charge on any atom is -0.454 e. The van der Waals surface area contributed by atoms with Gasteiger partial charge >= 0.3 is 0 Å². The number of thiazole rings is 1. The smallest absolute Gasteiger partial charge is 0.185 e. The summed E-state index contributed by atoms with van der Waals surface area (Å²) in [5, 5.41) is 4.66. The van der Waals surface area contributed by atoms with Crippen molar-refractivity contribution in [2.45, 2.75) is 0 Å². The first-order chi connectivity index (χ1) is 8.63. The highest BCUT2D eigenvalue weighted by Crippen LogP contribution is 2.31. The number of rotatable bonds is 2. The minimum atomic E-state index is 0.710. The third-order valence-electron chi connectivity index (χ3n) is 2.61. The average molecular weight is 279 g/mol. The van der Waals surface area contributed by atoms with Crippen molar-refractivity contribution >= 4 is 39.0 Å². The van der Waals surface area contributed by atoms with Crippen molar-refractivity contribution in [3.05, 3.63) is 34.7 Å². The van der Waals surface area contributed by atoms with Crippen LogP contribution in [0.15, 0.2) is 34.1 Å². The molecule has 1 aromatic carbocycles. The van der Waals surface area contributed by atoms with Gasteiger partial charge < -0.3 is 9.32 Å². The zero-order chi connectivity index (χ0) is 12.7. The quantitative estimate of drug-likeness (QED) is 0.701. The van der Waals surface area contributed by atoms with Crippen LogP contribution in [0.5, 0.6) is 0 Å². The van der Waals surface area contributed by atoms with E-state index >= 15 is 0 Å². The second-order valence-electron chi connectivity index (χ2n) is 4.20. The van der Waals surface area contributed by atoms with E-state index in [1.807, 2.05) is 48.6 Å². The first-order valence-corrected chi connectivity index (χ1v) is 6.71. The van der Waals surface area contributed by atoms with Crippen LogP contribution in [0.25, 0.3) is 22.4 Å². The van der Waals surface area contributed by atoms with E-state index in [2.05, 4.69) is 4.98 Å². The third-order valence-corrected chi connectivity index (χ3v) is 3.85. The highest BCUT2D eigenvalue weighted by molar-refractivity contribution is 7.14. The molecule has 0 radical (unpaired) electrons. The van der Waals surface area contributed by atoms with Crippen LogP contribution in [0.1, 0.15) is 0 Å². The lowest BCUT2D eigenvalue weighted by molar-refractivity contribution is 0.629. The molecule has 0 saturated carbocycles. The maximum Gasteiger partial charge on any atom is 0.185 e. The van der Waals surface area contributed by atoms with E-state index in [-0.39, 0.29) is 0 Å². The second-order valence-corrected chi connectivity index (χ2v) is 5.48. The maximum atomic E-state index is 5.96. The summed E-state index contributed by atoms with van der Waals surface area (Å²) in [6.45, 7) is 0. The summed E-state index contributed by atoms with van der Waals surface area (Å²) in [6, 6.07) is 7.56. The Morgan fingerprint density at radius 3 is 2.83 bits per heavy atom. The number of halogens is 1. The standard InChI is InChI=1S/C13H11ClN2OS/c1-16(2)13-15-10(7-18-13)12-6-8-5-9(14)3-4-11(8)17-12/h3-7H,1-2H3. The molecule has 0 fully saturated rings. The molecule has 0 N–H and O–H groups in total. The molecule has 0 unspecified atom stereocenters. The molecule has 0 bridgehead atoms. The SMILES string of the molecule is CN(C)c1nc(-c2cc3cc(Cl)ccc3o2)cs1. The van der Waals surface area contributed by atoms with Gasteiger partial charge in [0.05, 0.1) is 0 Å². The molecule has 2 aromatic heterocycles. The Hall–Kier alpha value is -1.52. The molecule has 5 heteroatoms. The van der Waals surface area contributed by atoms with Gasteiger partial charge in [-0.15, -0.1) is 11.3 Å². The van der Waals surface area contributed by atoms with Gasteiger partial charge in [-0.3, -0.25) is 0 Å². The predicted octanol–water partition coefficient (Wildman–Crippen LogP) is 4.28. The van der Waals surface area contributed by atoms with Crippen LogP contribution in [0, 0.1) is 0 Å². The molecular weight excluding hydrogens is 268 g/mol. The molecule has 18 heavy (non-hydrogen) atoms. The highest BCUT2D eigenvalue weighted by Gasteiger charge is 2.11. The molecule has 3 rings (SSSR count). The lowest BCUT2D eigenvalue weighted by Gasteiger charge is -2.04. The summed E-state index contributed by atoms with van der Waals surface area (Å²) >= 11 is 7.55. The van der Waals surface area contributed by atoms with Crippen molar-refractivity contribution in [2.24, 2.45) is 0 Å². The van der Waals surface area contributed by atoms with E-state index < -0.39 is 0 Å². The van der Waals surface area contributed by atoms with Crippen molar-refractivity contribution in [3.63, 3.8) is 0 Å². The van der Waals surface area contributed by atoms with Crippen LogP contribution in [-0.4, -0.2) is 19.1 Å². The molecule has 0 aliphatic carbocycles. The van der Waals surface area contributed by atoms with E-state index in [0.29, 0.717) is 5.02 Å². The van der Waals surface area contributed by atoms with Gasteiger partial charge in [-0.1, -0.05) is 11.6 Å². The minimum absolute atomic E-state index is 0.710. The van der Waals surface area contributed by atoms with Crippen molar-refractivity contribution in [1.29, 1.82) is 0 Å². The maximum absolute atomic E-state index is 5.96. The van der Waals surface area contributed by atoms with Crippen LogP contribution in [0.4, 0.5) is 5.13 Å². The number of hydrogen-bond acceptors (Lipinski definition) is 4. The molecule has 92 valence electrons. The normalized spacial score (nSPS) is 11.1. The van der Waals surface area contributed by atoms with Gasteiger partial charge in [-0.05, 0) is 24.3 Å². The first kappa shape index (κ1) is 11.6. The molecule has 3 aromatic rings. The Labute approximate surface area is 114 Å². The van der Waals surface area contributed by atoms with Crippen LogP contribution >= 0.6 is 22.9 Å². The number of aromatic nitrogens is 1. The summed E-state index contributed by atoms with van der Waals surface area (Å²) in [6.07, 6.45) is 0. The fourth-order valence-corrected chi connectivity index (χ4v) is 2.65. The van der Waals surface area contributed by atoms with E-state index in [1.54, 1.807) is 11.3 Å². The van der Waals surface area contributed by atoms with Crippen LogP contribution in [-0.2, 0) is 0 Å². The monoisotopic (exact) mass is 278 g/mol. The number of benzene rings is 1. The molecule has 2 heterocycles. The molecule has 0 spiro atoms. The summed E-state index contributed by atoms with van der Waals surface area (Å²) < 4.78 is 5.77. The number of hydrogen-bond donors (Lipinski definition) is 0. The summed E-state index contributed by atoms with van der Waals surface area (Å²) in [5.41, 5.74) is 1.69. The van der Waals surface area contributed by atoms with Crippen molar-refractivity contribution < 1.29 is 4.42 Å². The van der Waals surface area contributed by atoms with Gasteiger partial charge in [0.2, 0.25) is 0 Å². The van der Waals surface area contributed by atoms with Gasteiger partial charge in [0.15, 0.2) is 10.9 Å². The van der Waals surface area contributed by atoms with Gasteiger partial charge in [-0.25, -0.2) is 4.98 Å². The Kier molecular flexibility index (Phi) is 2.76. The van der Waals surface area contributed by atoms with Crippen LogP contribution in [0.3, 0.4) is 0 Å². The second kappa shape index (κ2) is 4.30. The molecular formula is C13H11ClN2OS. The van der Waals surface area contributed by atoms with E-state index in [9.17, 15) is 0 Å². The Morgan fingerprint density at radius 2 is 2.11 bits per heavy atom. The fourth-order valence-electron chi connectivity index (χ4n) is 1.72. The van der Waals surface area contributed by atoms with Crippen molar-refractivity contribution in [3.8, 4) is 11.5 Å². The highest BCUT2D eigenvalue weighted by atomic mass is 35.5. The van der Waals surface area contributed by atoms with Gasteiger partial charge in [-0.2, -0.15) is 0 Å². The first-order valence-electron chi connectivity index (χ1n) is 5.46. The van der Waals surface area contributed by atoms with Crippen molar-refractivity contribution in [2.75, 3.05) is 19.0 Å². The number of furan rings is 1. The number of fused-ring (bicyclic) bond motifs is 1. The average Bonchev–Trinajstić information content (AvgIpc) is 2.93. The van der Waals surface area contributed by atoms with E-state index in [4.69, 9.17) is 16.0 Å². The molecule has 0 aliphatic heterocycles. The Balaban J connectivity index is 2.07. The lowest BCUT2D eigenvalue weighted by Crippen LogP contribution is -2.07. The largest absolute Gasteiger partial charge is 0.454 e. The fraction of sp³-hybridized carbons (Fsp3) is 0.154. The Morgan fingerprint density at radius 1 is 1.28 bits per heavy atom. The molecule has 0 amide bonds. The molecule has 0 saturated heterocycles. The summed E-state index contributed by atoms with van der Waals surface area (Å²) in [7, 11) is 3.95. The summed E-state index contributed by atoms with van der Waals surface area (Å²) in [5.74, 6) is 0.775. The van der Waals surface area contributed by atoms with E-state index in [0.717, 1.165) is 27.6 Å². The van der Waals surface area contributed by atoms with Gasteiger partial charge in [0, 0.05) is 29.9 Å². The summed E-state index contributed by atoms with van der Waals surface area (Å²) in [4.78, 5) is 6.50. The number of nitrogens with zero attached hydrogens (tertiary/aromatic N) is 2. The van der Waals surface area contributed by atoms with Gasteiger partial charge in [0.25, 0.3) is 0 Å². The predicted molar refractivity (Wildman–Crippen MR) is 76.7 cm³/mol. The van der Waals surface area contributed by atoms with Crippen LogP contribution < -0.4 is 4.90 Å². The number of anilines is 1. The zero-order valence-corrected chi connectivity index (χ0v) is 11.5. The van der Waals surface area contributed by atoms with Crippen LogP contribution in [0.2, 0.25) is 5.02 Å². The topological polar surface area (TPSA) is 29.3 Å². The van der Waals surface area contributed by atoms with E-state index in [1.165, 1.54) is 0 Å². The zero-order valence-electron chi connectivity index (χ0n) is 9.98. The molecule has 0 aliphatic rings. The molecule has 0 atom stereocenters. The molecule has 3 nitrogen and oxygen atoms in total.